The van der Waals surface area contributed by atoms with Crippen LogP contribution in [0.25, 0.3) is 10.2 Å². The Bertz CT molecular complexity index is 780. The maximum atomic E-state index is 5.51. The van der Waals surface area contributed by atoms with Crippen LogP contribution in [-0.2, 0) is 24.1 Å². The number of quaternary nitrogens is 1. The molecule has 27 heavy (non-hydrogen) atoms. The monoisotopic (exact) mass is 389 g/mol. The third kappa shape index (κ3) is 4.13. The van der Waals surface area contributed by atoms with Gasteiger partial charge in [0.25, 0.3) is 0 Å². The Balaban J connectivity index is 1.72. The number of fused-ring (bicyclic) bond motifs is 3. The molecule has 6 heteroatoms. The number of ether oxygens (including phenoxy) is 1. The molecule has 0 unspecified atom stereocenters. The van der Waals surface area contributed by atoms with Crippen molar-refractivity contribution in [1.82, 2.24) is 9.97 Å². The molecular formula is C21H33N4OS+. The minimum Gasteiger partial charge on any atom is -0.370 e. The Morgan fingerprint density at radius 2 is 2.00 bits per heavy atom. The number of morpholine rings is 1. The second kappa shape index (κ2) is 8.41. The van der Waals surface area contributed by atoms with Gasteiger partial charge >= 0.3 is 0 Å². The third-order valence-corrected chi connectivity index (χ3v) is 7.28. The van der Waals surface area contributed by atoms with Gasteiger partial charge in [0.2, 0.25) is 0 Å². The van der Waals surface area contributed by atoms with E-state index in [1.807, 2.05) is 11.3 Å². The van der Waals surface area contributed by atoms with Crippen LogP contribution >= 0.6 is 11.3 Å². The molecule has 3 heterocycles. The first-order chi connectivity index (χ1) is 13.2. The zero-order valence-corrected chi connectivity index (χ0v) is 17.8. The summed E-state index contributed by atoms with van der Waals surface area (Å²) in [5.74, 6) is 2.86. The van der Waals surface area contributed by atoms with E-state index >= 15 is 0 Å². The Hall–Kier alpha value is -1.24. The van der Waals surface area contributed by atoms with Gasteiger partial charge in [0.15, 0.2) is 5.82 Å². The molecule has 1 atom stereocenters. The van der Waals surface area contributed by atoms with Crippen LogP contribution in [0, 0.1) is 5.92 Å². The first-order valence-electron chi connectivity index (χ1n) is 10.7. The summed E-state index contributed by atoms with van der Waals surface area (Å²) in [5.41, 5.74) is 1.52. The van der Waals surface area contributed by atoms with Crippen molar-refractivity contribution in [2.45, 2.75) is 65.5 Å². The van der Waals surface area contributed by atoms with Gasteiger partial charge in [-0.1, -0.05) is 20.8 Å². The Labute approximate surface area is 166 Å². The van der Waals surface area contributed by atoms with E-state index in [0.717, 1.165) is 63.2 Å². The van der Waals surface area contributed by atoms with Gasteiger partial charge in [0.1, 0.15) is 30.3 Å². The van der Waals surface area contributed by atoms with Crippen LogP contribution in [0.2, 0.25) is 0 Å². The number of nitrogens with one attached hydrogen (secondary N) is 2. The van der Waals surface area contributed by atoms with Crippen LogP contribution in [-0.4, -0.2) is 42.3 Å². The van der Waals surface area contributed by atoms with E-state index in [9.17, 15) is 0 Å². The fourth-order valence-corrected chi connectivity index (χ4v) is 5.72. The summed E-state index contributed by atoms with van der Waals surface area (Å²) in [4.78, 5) is 14.3. The van der Waals surface area contributed by atoms with Gasteiger partial charge in [-0.3, -0.25) is 0 Å². The molecule has 0 aromatic carbocycles. The van der Waals surface area contributed by atoms with Crippen molar-refractivity contribution in [2.24, 2.45) is 5.92 Å². The Morgan fingerprint density at radius 1 is 1.22 bits per heavy atom. The average molecular weight is 390 g/mol. The van der Waals surface area contributed by atoms with Crippen molar-refractivity contribution in [3.05, 3.63) is 16.3 Å². The van der Waals surface area contributed by atoms with Gasteiger partial charge in [0, 0.05) is 10.9 Å². The van der Waals surface area contributed by atoms with Crippen molar-refractivity contribution < 1.29 is 9.64 Å². The molecular weight excluding hydrogens is 356 g/mol. The van der Waals surface area contributed by atoms with Crippen molar-refractivity contribution in [3.8, 4) is 0 Å². The van der Waals surface area contributed by atoms with Gasteiger partial charge in [-0.05, 0) is 43.6 Å². The number of aromatic nitrogens is 2. The maximum Gasteiger partial charge on any atom is 0.187 e. The minimum absolute atomic E-state index is 0.477. The lowest BCUT2D eigenvalue weighted by Crippen LogP contribution is -3.12. The molecule has 0 spiro atoms. The molecule has 1 saturated heterocycles. The molecule has 0 amide bonds. The van der Waals surface area contributed by atoms with Crippen molar-refractivity contribution in [2.75, 3.05) is 31.6 Å². The van der Waals surface area contributed by atoms with E-state index in [4.69, 9.17) is 14.7 Å². The van der Waals surface area contributed by atoms with Gasteiger partial charge in [-0.15, -0.1) is 11.3 Å². The lowest BCUT2D eigenvalue weighted by Gasteiger charge is -2.23. The predicted molar refractivity (Wildman–Crippen MR) is 112 cm³/mol. The summed E-state index contributed by atoms with van der Waals surface area (Å²) >= 11 is 1.91. The van der Waals surface area contributed by atoms with E-state index in [2.05, 4.69) is 26.1 Å². The predicted octanol–water partition coefficient (Wildman–Crippen LogP) is 2.83. The van der Waals surface area contributed by atoms with Gasteiger partial charge in [0.05, 0.1) is 18.6 Å². The molecule has 0 bridgehead atoms. The number of rotatable bonds is 6. The minimum atomic E-state index is 0.477. The second-order valence-corrected chi connectivity index (χ2v) is 9.30. The normalized spacial score (nSPS) is 21.0. The van der Waals surface area contributed by atoms with Gasteiger partial charge in [-0.25, -0.2) is 9.97 Å². The molecule has 1 aliphatic heterocycles. The summed E-state index contributed by atoms with van der Waals surface area (Å²) in [6, 6.07) is 0.477. The van der Waals surface area contributed by atoms with Crippen molar-refractivity contribution in [3.63, 3.8) is 0 Å². The highest BCUT2D eigenvalue weighted by molar-refractivity contribution is 7.19. The van der Waals surface area contributed by atoms with Gasteiger partial charge < -0.3 is 15.0 Å². The second-order valence-electron chi connectivity index (χ2n) is 8.22. The van der Waals surface area contributed by atoms with Crippen LogP contribution in [0.4, 0.5) is 5.82 Å². The molecule has 148 valence electrons. The number of anilines is 1. The summed E-state index contributed by atoms with van der Waals surface area (Å²) < 4.78 is 5.51. The SMILES string of the molecule is CCC(CC)Nc1nc(C[NH+]2CCOCC2)nc2sc3c(c12)CC[C@H](C)C3. The number of hydrogen-bond acceptors (Lipinski definition) is 5. The summed E-state index contributed by atoms with van der Waals surface area (Å²) in [7, 11) is 0. The zero-order valence-electron chi connectivity index (χ0n) is 16.9. The molecule has 1 fully saturated rings. The van der Waals surface area contributed by atoms with E-state index in [0.29, 0.717) is 6.04 Å². The van der Waals surface area contributed by atoms with E-state index in [1.54, 1.807) is 4.88 Å². The highest BCUT2D eigenvalue weighted by atomic mass is 32.1. The van der Waals surface area contributed by atoms with Crippen molar-refractivity contribution >= 4 is 27.4 Å². The quantitative estimate of drug-likeness (QED) is 0.798. The first-order valence-corrected chi connectivity index (χ1v) is 11.5. The topological polar surface area (TPSA) is 51.5 Å². The zero-order chi connectivity index (χ0) is 18.8. The summed E-state index contributed by atoms with van der Waals surface area (Å²) in [6.45, 7) is 11.6. The molecule has 0 radical (unpaired) electrons. The van der Waals surface area contributed by atoms with Crippen LogP contribution in [0.1, 0.15) is 56.3 Å². The fraction of sp³-hybridized carbons (Fsp3) is 0.714. The summed E-state index contributed by atoms with van der Waals surface area (Å²) in [6.07, 6.45) is 5.89. The van der Waals surface area contributed by atoms with E-state index < -0.39 is 0 Å². The molecule has 2 aromatic rings. The van der Waals surface area contributed by atoms with Crippen molar-refractivity contribution in [1.29, 1.82) is 0 Å². The first kappa shape index (κ1) is 19.1. The van der Waals surface area contributed by atoms with Gasteiger partial charge in [-0.2, -0.15) is 0 Å². The molecule has 2 aliphatic rings. The number of aryl methyl sites for hydroxylation is 1. The molecule has 0 saturated carbocycles. The number of hydrogen-bond donors (Lipinski definition) is 2. The molecule has 4 rings (SSSR count). The molecule has 2 N–H and O–H groups in total. The van der Waals surface area contributed by atoms with Crippen LogP contribution in [0.15, 0.2) is 0 Å². The van der Waals surface area contributed by atoms with Crippen LogP contribution in [0.3, 0.4) is 0 Å². The van der Waals surface area contributed by atoms with Crippen LogP contribution in [0.5, 0.6) is 0 Å². The standard InChI is InChI=1S/C21H32N4OS/c1-4-15(5-2)22-20-19-16-7-6-14(3)12-17(16)27-21(19)24-18(23-20)13-25-8-10-26-11-9-25/h14-15H,4-13H2,1-3H3,(H,22,23,24)/p+1/t14-/m0/s1. The van der Waals surface area contributed by atoms with E-state index in [-0.39, 0.29) is 0 Å². The molecule has 2 aromatic heterocycles. The lowest BCUT2D eigenvalue weighted by atomic mass is 9.89. The van der Waals surface area contributed by atoms with Crippen LogP contribution < -0.4 is 10.2 Å². The number of nitrogens with zero attached hydrogens (tertiary/aromatic N) is 2. The fourth-order valence-electron chi connectivity index (χ4n) is 4.32. The van der Waals surface area contributed by atoms with E-state index in [1.165, 1.54) is 39.9 Å². The Kier molecular flexibility index (Phi) is 5.95. The molecule has 1 aliphatic carbocycles. The molecule has 5 nitrogen and oxygen atoms in total. The smallest absolute Gasteiger partial charge is 0.187 e. The maximum absolute atomic E-state index is 5.51. The lowest BCUT2D eigenvalue weighted by molar-refractivity contribution is -0.922. The number of thiophene rings is 1. The third-order valence-electron chi connectivity index (χ3n) is 6.14. The largest absolute Gasteiger partial charge is 0.370 e. The highest BCUT2D eigenvalue weighted by Gasteiger charge is 2.25. The summed E-state index contributed by atoms with van der Waals surface area (Å²) in [5, 5.41) is 5.08. The average Bonchev–Trinajstić information content (AvgIpc) is 3.04. The Morgan fingerprint density at radius 3 is 2.74 bits per heavy atom. The highest BCUT2D eigenvalue weighted by Crippen LogP contribution is 2.40.